The minimum absolute atomic E-state index is 0.633. The molecule has 0 aliphatic heterocycles. The van der Waals surface area contributed by atoms with Gasteiger partial charge in [0.05, 0.1) is 0 Å². The molecule has 3 unspecified atom stereocenters. The fourth-order valence-electron chi connectivity index (χ4n) is 5.79. The smallest absolute Gasteiger partial charge is 0.0266 e. The van der Waals surface area contributed by atoms with Gasteiger partial charge >= 0.3 is 0 Å². The van der Waals surface area contributed by atoms with E-state index in [-0.39, 0.29) is 0 Å². The molecule has 3 aliphatic rings. The number of rotatable bonds is 0. The van der Waals surface area contributed by atoms with Crippen LogP contribution in [0.1, 0.15) is 59.8 Å². The lowest BCUT2D eigenvalue weighted by molar-refractivity contribution is 0.0997. The van der Waals surface area contributed by atoms with Crippen LogP contribution in [0.3, 0.4) is 0 Å². The lowest BCUT2D eigenvalue weighted by Crippen LogP contribution is -2.31. The lowest BCUT2D eigenvalue weighted by Gasteiger charge is -2.39. The molecule has 0 heterocycles. The van der Waals surface area contributed by atoms with Crippen molar-refractivity contribution in [1.29, 1.82) is 0 Å². The van der Waals surface area contributed by atoms with Gasteiger partial charge in [0.1, 0.15) is 0 Å². The van der Waals surface area contributed by atoms with Gasteiger partial charge in [0.15, 0.2) is 0 Å². The second-order valence-electron chi connectivity index (χ2n) is 7.51. The average Bonchev–Trinajstić information content (AvgIpc) is 2.63. The van der Waals surface area contributed by atoms with Crippen LogP contribution in [0.5, 0.6) is 0 Å². The van der Waals surface area contributed by atoms with Crippen LogP contribution in [0, 0.1) is 34.5 Å². The second kappa shape index (κ2) is 2.81. The molecule has 0 spiro atoms. The van der Waals surface area contributed by atoms with Crippen LogP contribution < -0.4 is 0 Å². The molecule has 0 amide bonds. The molecular formula is C15H26. The molecular weight excluding hydrogens is 180 g/mol. The first-order valence-corrected chi connectivity index (χ1v) is 6.97. The summed E-state index contributed by atoms with van der Waals surface area (Å²) in [6.07, 6.45) is 7.55. The SMILES string of the molecule is CC1[C@@H]2CCC3C2C(C)(C)CCC[C@]31C. The molecule has 5 atom stereocenters. The van der Waals surface area contributed by atoms with Crippen LogP contribution in [-0.4, -0.2) is 0 Å². The number of hydrogen-bond donors (Lipinski definition) is 0. The zero-order valence-corrected chi connectivity index (χ0v) is 10.8. The van der Waals surface area contributed by atoms with Gasteiger partial charge in [-0.3, -0.25) is 0 Å². The third kappa shape index (κ3) is 1.09. The summed E-state index contributed by atoms with van der Waals surface area (Å²) in [6, 6.07) is 0. The average molecular weight is 206 g/mol. The van der Waals surface area contributed by atoms with Gasteiger partial charge in [-0.05, 0) is 60.2 Å². The van der Waals surface area contributed by atoms with Gasteiger partial charge in [0.2, 0.25) is 0 Å². The van der Waals surface area contributed by atoms with Crippen molar-refractivity contribution in [2.75, 3.05) is 0 Å². The summed E-state index contributed by atoms with van der Waals surface area (Å²) in [6.45, 7) is 10.3. The van der Waals surface area contributed by atoms with Crippen molar-refractivity contribution in [3.8, 4) is 0 Å². The summed E-state index contributed by atoms with van der Waals surface area (Å²) in [7, 11) is 0. The highest BCUT2D eigenvalue weighted by atomic mass is 14.7. The van der Waals surface area contributed by atoms with E-state index in [0.29, 0.717) is 10.8 Å². The molecule has 0 aromatic rings. The predicted octanol–water partition coefficient (Wildman–Crippen LogP) is 4.49. The van der Waals surface area contributed by atoms with E-state index in [1.165, 1.54) is 25.7 Å². The van der Waals surface area contributed by atoms with E-state index in [1.54, 1.807) is 6.42 Å². The minimum atomic E-state index is 0.633. The topological polar surface area (TPSA) is 0 Å². The van der Waals surface area contributed by atoms with E-state index in [0.717, 1.165) is 23.7 Å². The quantitative estimate of drug-likeness (QED) is 0.547. The van der Waals surface area contributed by atoms with Gasteiger partial charge in [0, 0.05) is 0 Å². The van der Waals surface area contributed by atoms with Crippen molar-refractivity contribution in [3.63, 3.8) is 0 Å². The van der Waals surface area contributed by atoms with E-state index in [9.17, 15) is 0 Å². The first-order valence-electron chi connectivity index (χ1n) is 6.97. The molecule has 4 bridgehead atoms. The molecule has 15 heavy (non-hydrogen) atoms. The third-order valence-corrected chi connectivity index (χ3v) is 6.67. The standard InChI is InChI=1S/C15H26/c1-10-11-6-7-12-13(11)14(2,3)8-5-9-15(10,12)4/h10-13H,5-9H2,1-4H3/t10?,11-,12?,13?,15-/m0/s1. The van der Waals surface area contributed by atoms with Crippen LogP contribution in [0.2, 0.25) is 0 Å². The lowest BCUT2D eigenvalue weighted by atomic mass is 9.66. The van der Waals surface area contributed by atoms with Gasteiger partial charge in [-0.25, -0.2) is 0 Å². The molecule has 0 nitrogen and oxygen atoms in total. The van der Waals surface area contributed by atoms with Crippen molar-refractivity contribution in [3.05, 3.63) is 0 Å². The Labute approximate surface area is 94.8 Å². The van der Waals surface area contributed by atoms with Gasteiger partial charge in [0.25, 0.3) is 0 Å². The van der Waals surface area contributed by atoms with Crippen LogP contribution in [0.15, 0.2) is 0 Å². The molecule has 3 fully saturated rings. The Balaban J connectivity index is 2.06. The Bertz CT molecular complexity index is 278. The highest BCUT2D eigenvalue weighted by molar-refractivity contribution is 5.11. The molecule has 0 radical (unpaired) electrons. The minimum Gasteiger partial charge on any atom is -0.0617 e. The summed E-state index contributed by atoms with van der Waals surface area (Å²) in [5.74, 6) is 4.19. The summed E-state index contributed by atoms with van der Waals surface area (Å²) in [5, 5.41) is 0. The van der Waals surface area contributed by atoms with Crippen LogP contribution in [-0.2, 0) is 0 Å². The molecule has 0 saturated heterocycles. The fourth-order valence-corrected chi connectivity index (χ4v) is 5.79. The summed E-state index contributed by atoms with van der Waals surface area (Å²) < 4.78 is 0. The molecule has 0 N–H and O–H groups in total. The van der Waals surface area contributed by atoms with Crippen LogP contribution in [0.4, 0.5) is 0 Å². The van der Waals surface area contributed by atoms with Crippen molar-refractivity contribution >= 4 is 0 Å². The van der Waals surface area contributed by atoms with Crippen molar-refractivity contribution in [2.45, 2.75) is 59.8 Å². The second-order valence-corrected chi connectivity index (χ2v) is 7.51. The Kier molecular flexibility index (Phi) is 1.91. The Morgan fingerprint density at radius 2 is 1.73 bits per heavy atom. The van der Waals surface area contributed by atoms with E-state index < -0.39 is 0 Å². The Morgan fingerprint density at radius 3 is 2.47 bits per heavy atom. The van der Waals surface area contributed by atoms with Gasteiger partial charge in [-0.1, -0.05) is 34.1 Å². The van der Waals surface area contributed by atoms with Crippen LogP contribution >= 0.6 is 0 Å². The normalized spacial score (nSPS) is 56.8. The first-order chi connectivity index (χ1) is 6.97. The number of hydrogen-bond acceptors (Lipinski definition) is 0. The maximum absolute atomic E-state index is 2.61. The van der Waals surface area contributed by atoms with Crippen molar-refractivity contribution in [2.24, 2.45) is 34.5 Å². The van der Waals surface area contributed by atoms with Gasteiger partial charge in [-0.15, -0.1) is 0 Å². The maximum atomic E-state index is 2.61. The maximum Gasteiger partial charge on any atom is -0.0266 e. The molecule has 3 rings (SSSR count). The monoisotopic (exact) mass is 206 g/mol. The summed E-state index contributed by atoms with van der Waals surface area (Å²) in [5.41, 5.74) is 1.34. The van der Waals surface area contributed by atoms with E-state index in [4.69, 9.17) is 0 Å². The van der Waals surface area contributed by atoms with Gasteiger partial charge in [-0.2, -0.15) is 0 Å². The Hall–Kier alpha value is 0. The fraction of sp³-hybridized carbons (Fsp3) is 1.00. The highest BCUT2D eigenvalue weighted by Gasteiger charge is 2.63. The molecule has 0 heteroatoms. The summed E-state index contributed by atoms with van der Waals surface area (Å²) >= 11 is 0. The highest BCUT2D eigenvalue weighted by Crippen LogP contribution is 2.70. The van der Waals surface area contributed by atoms with E-state index in [2.05, 4.69) is 27.7 Å². The summed E-state index contributed by atoms with van der Waals surface area (Å²) in [4.78, 5) is 0. The van der Waals surface area contributed by atoms with Crippen LogP contribution in [0.25, 0.3) is 0 Å². The zero-order chi connectivity index (χ0) is 10.8. The molecule has 3 saturated carbocycles. The predicted molar refractivity (Wildman–Crippen MR) is 64.6 cm³/mol. The van der Waals surface area contributed by atoms with E-state index in [1.807, 2.05) is 0 Å². The molecule has 0 aromatic heterocycles. The molecule has 0 aromatic carbocycles. The van der Waals surface area contributed by atoms with Gasteiger partial charge < -0.3 is 0 Å². The Morgan fingerprint density at radius 1 is 1.00 bits per heavy atom. The molecule has 86 valence electrons. The third-order valence-electron chi connectivity index (χ3n) is 6.67. The van der Waals surface area contributed by atoms with E-state index >= 15 is 0 Å². The zero-order valence-electron chi connectivity index (χ0n) is 10.8. The van der Waals surface area contributed by atoms with Crippen molar-refractivity contribution in [1.82, 2.24) is 0 Å². The largest absolute Gasteiger partial charge is 0.0617 e. The van der Waals surface area contributed by atoms with Crippen molar-refractivity contribution < 1.29 is 0 Å². The molecule has 3 aliphatic carbocycles. The first kappa shape index (κ1) is 10.2.